The molecule has 0 aliphatic rings. The standard InChI is InChI=1S/C54H38N2/c1-5-15-39(16-6-1)40-25-30-46(31-26-40)55(48-34-35-49(42-17-7-2-8-18-42)51(38-48)43-19-9-3-10-20-43)47-32-27-41(28-33-47)44-29-36-54-52(37-44)50-23-13-14-24-53(50)56(54)45-21-11-4-12-22-45/h1-38H/i1D,2D,3D,4D,5D,6D,7D,8D,9D,10D,11D,12D,13D,14D,15D,16D,17D,18D,19D,20D,21D,22D,23D,24D,25D,26D,27D,28D,29D,30D,31D,32D,33D,34D,35D,36D,37D. The van der Waals surface area contributed by atoms with Crippen molar-refractivity contribution in [1.82, 2.24) is 4.57 Å². The van der Waals surface area contributed by atoms with Gasteiger partial charge in [-0.3, -0.25) is 0 Å². The van der Waals surface area contributed by atoms with Gasteiger partial charge in [-0.15, -0.1) is 0 Å². The van der Waals surface area contributed by atoms with E-state index in [1.54, 1.807) is 0 Å². The summed E-state index contributed by atoms with van der Waals surface area (Å²) in [6.07, 6.45) is 0. The number of fused-ring (bicyclic) bond motifs is 3. The van der Waals surface area contributed by atoms with Gasteiger partial charge in [0.1, 0.15) is 0 Å². The largest absolute Gasteiger partial charge is 0.310 e. The Labute approximate surface area is 379 Å². The van der Waals surface area contributed by atoms with Crippen LogP contribution in [0.15, 0.2) is 230 Å². The van der Waals surface area contributed by atoms with Crippen molar-refractivity contribution in [1.29, 1.82) is 0 Å². The summed E-state index contributed by atoms with van der Waals surface area (Å²) >= 11 is 0. The van der Waals surface area contributed by atoms with E-state index in [1.807, 2.05) is 0 Å². The molecule has 0 bridgehead atoms. The fourth-order valence-corrected chi connectivity index (χ4v) is 5.74. The number of anilines is 3. The summed E-state index contributed by atoms with van der Waals surface area (Å²) in [7, 11) is 0. The summed E-state index contributed by atoms with van der Waals surface area (Å²) in [5.41, 5.74) is -13.3. The van der Waals surface area contributed by atoms with E-state index in [2.05, 4.69) is 0 Å². The maximum atomic E-state index is 9.84. The Balaban J connectivity index is 1.41. The minimum Gasteiger partial charge on any atom is -0.310 e. The maximum absolute atomic E-state index is 9.84. The van der Waals surface area contributed by atoms with Crippen LogP contribution in [0.1, 0.15) is 50.7 Å². The van der Waals surface area contributed by atoms with E-state index in [1.165, 1.54) is 0 Å². The molecule has 0 saturated heterocycles. The third-order valence-electron chi connectivity index (χ3n) is 8.17. The lowest BCUT2D eigenvalue weighted by molar-refractivity contribution is 1.18. The second-order valence-electron chi connectivity index (χ2n) is 11.4. The van der Waals surface area contributed by atoms with Crippen molar-refractivity contribution in [2.75, 3.05) is 4.90 Å². The topological polar surface area (TPSA) is 8.17 Å². The first-order chi connectivity index (χ1) is 43.2. The zero-order chi connectivity index (χ0) is 69.5. The Kier molecular flexibility index (Phi) is 3.17. The van der Waals surface area contributed by atoms with Crippen molar-refractivity contribution in [2.24, 2.45) is 0 Å². The van der Waals surface area contributed by atoms with E-state index < -0.39 is 313 Å². The van der Waals surface area contributed by atoms with Gasteiger partial charge in [0.2, 0.25) is 0 Å². The number of rotatable bonds is 8. The van der Waals surface area contributed by atoms with Gasteiger partial charge in [0.25, 0.3) is 0 Å². The van der Waals surface area contributed by atoms with Crippen LogP contribution in [0.3, 0.4) is 0 Å². The lowest BCUT2D eigenvalue weighted by Gasteiger charge is -2.27. The quantitative estimate of drug-likeness (QED) is 0.150. The van der Waals surface area contributed by atoms with Crippen LogP contribution in [-0.4, -0.2) is 4.57 Å². The van der Waals surface area contributed by atoms with Crippen molar-refractivity contribution in [3.05, 3.63) is 230 Å². The number of aromatic nitrogens is 1. The van der Waals surface area contributed by atoms with E-state index in [0.717, 1.165) is 0 Å². The molecule has 0 radical (unpaired) electrons. The molecule has 0 spiro atoms. The Bertz CT molecular complexity index is 4950. The Morgan fingerprint density at radius 2 is 0.768 bits per heavy atom. The normalized spacial score (nSPS) is 20.5. The van der Waals surface area contributed by atoms with Crippen LogP contribution >= 0.6 is 0 Å². The van der Waals surface area contributed by atoms with Crippen LogP contribution in [0.4, 0.5) is 17.1 Å². The third kappa shape index (κ3) is 6.14. The minimum absolute atomic E-state index is 0.314. The van der Waals surface area contributed by atoms with Crippen molar-refractivity contribution in [3.8, 4) is 50.2 Å². The zero-order valence-electron chi connectivity index (χ0n) is 65.0. The number of benzene rings is 9. The molecule has 2 heteroatoms. The molecule has 56 heavy (non-hydrogen) atoms. The summed E-state index contributed by atoms with van der Waals surface area (Å²) in [6.45, 7) is 0. The molecule has 1 aromatic heterocycles. The van der Waals surface area contributed by atoms with Crippen LogP contribution in [0, 0.1) is 0 Å². The molecule has 0 amide bonds. The number of para-hydroxylation sites is 2. The molecule has 0 aliphatic heterocycles. The predicted molar refractivity (Wildman–Crippen MR) is 237 cm³/mol. The summed E-state index contributed by atoms with van der Waals surface area (Å²) in [6, 6.07) is -39.9. The average molecular weight is 752 g/mol. The smallest absolute Gasteiger partial charge is 0.0645 e. The predicted octanol–water partition coefficient (Wildman–Crippen LogP) is 14.9. The first-order valence-electron chi connectivity index (χ1n) is 34.7. The molecule has 0 atom stereocenters. The van der Waals surface area contributed by atoms with E-state index in [4.69, 9.17) is 32.9 Å². The fourth-order valence-electron chi connectivity index (χ4n) is 5.74. The molecule has 264 valence electrons. The van der Waals surface area contributed by atoms with Gasteiger partial charge in [0.15, 0.2) is 0 Å². The zero-order valence-corrected chi connectivity index (χ0v) is 28.0. The molecule has 0 N–H and O–H groups in total. The second-order valence-corrected chi connectivity index (χ2v) is 11.4. The molecule has 10 rings (SSSR count). The highest BCUT2D eigenvalue weighted by Gasteiger charge is 2.18. The lowest BCUT2D eigenvalue weighted by atomic mass is 9.93. The van der Waals surface area contributed by atoms with Crippen molar-refractivity contribution < 1.29 is 50.7 Å². The van der Waals surface area contributed by atoms with Crippen LogP contribution in [0.5, 0.6) is 0 Å². The average Bonchev–Trinajstić information content (AvgIpc) is 1.31. The molecule has 2 nitrogen and oxygen atoms in total. The van der Waals surface area contributed by atoms with Crippen LogP contribution in [0.2, 0.25) is 0 Å². The highest BCUT2D eigenvalue weighted by Crippen LogP contribution is 2.42. The third-order valence-corrected chi connectivity index (χ3v) is 8.17. The Morgan fingerprint density at radius 3 is 1.39 bits per heavy atom. The van der Waals surface area contributed by atoms with Gasteiger partial charge < -0.3 is 9.47 Å². The SMILES string of the molecule is [2H]c1c(N(c2c([2H])c([2H])c(-c3c([2H])c([2H])c([2H])c([2H])c3[2H])c([2H])c2[2H])c2c([2H])c([2H])c(-c3c([2H])c([2H])c4c(c3[2H])c3c([2H])c([2H])c([2H])c([2H])c3n4-c3c([2H])c([2H])c([2H])c([2H])c3[2H])c([2H])c2[2H])cc(-c2c([2H])c([2H])c([2H])c([2H])c2[2H])c(-c2c([2H])c([2H])c([2H])c([2H])c2[2H])c1[2H]. The van der Waals surface area contributed by atoms with E-state index in [0.29, 0.717) is 15.5 Å². The van der Waals surface area contributed by atoms with E-state index in [9.17, 15) is 17.8 Å². The van der Waals surface area contributed by atoms with Gasteiger partial charge in [-0.1, -0.05) is 163 Å². The van der Waals surface area contributed by atoms with E-state index >= 15 is 0 Å². The second kappa shape index (κ2) is 14.4. The molecule has 1 heterocycles. The summed E-state index contributed by atoms with van der Waals surface area (Å²) in [5, 5.41) is -1.38. The van der Waals surface area contributed by atoms with Crippen molar-refractivity contribution >= 4 is 38.9 Å². The molecule has 0 aliphatic carbocycles. The van der Waals surface area contributed by atoms with Gasteiger partial charge >= 0.3 is 0 Å². The highest BCUT2D eigenvalue weighted by molar-refractivity contribution is 6.10. The molecular weight excluding hydrogens is 677 g/mol. The molecule has 0 unspecified atom stereocenters. The van der Waals surface area contributed by atoms with Crippen molar-refractivity contribution in [2.45, 2.75) is 0 Å². The van der Waals surface area contributed by atoms with Crippen molar-refractivity contribution in [3.63, 3.8) is 0 Å². The Hall–Kier alpha value is -7.42. The summed E-state index contributed by atoms with van der Waals surface area (Å²) in [5.74, 6) is 0. The number of hydrogen-bond donors (Lipinski definition) is 0. The van der Waals surface area contributed by atoms with Gasteiger partial charge in [-0.25, -0.2) is 0 Å². The monoisotopic (exact) mass is 752 g/mol. The van der Waals surface area contributed by atoms with Gasteiger partial charge in [-0.2, -0.15) is 0 Å². The highest BCUT2D eigenvalue weighted by atomic mass is 15.1. The van der Waals surface area contributed by atoms with Gasteiger partial charge in [-0.05, 0) is 111 Å². The number of nitrogens with zero attached hydrogens (tertiary/aromatic N) is 2. The summed E-state index contributed by atoms with van der Waals surface area (Å²) < 4.78 is 334. The Morgan fingerprint density at radius 1 is 0.321 bits per heavy atom. The lowest BCUT2D eigenvalue weighted by Crippen LogP contribution is -2.10. The fraction of sp³-hybridized carbons (Fsp3) is 0. The molecular formula is C54H38N2. The van der Waals surface area contributed by atoms with Crippen LogP contribution in [-0.2, 0) is 0 Å². The first kappa shape index (κ1) is 12.3. The minimum atomic E-state index is -1.39. The van der Waals surface area contributed by atoms with E-state index in [-0.39, 0.29) is 0 Å². The summed E-state index contributed by atoms with van der Waals surface area (Å²) in [4.78, 5) is 0.314. The molecule has 0 saturated carbocycles. The molecule has 0 fully saturated rings. The maximum Gasteiger partial charge on any atom is 0.0645 e. The van der Waals surface area contributed by atoms with Crippen LogP contribution < -0.4 is 4.90 Å². The van der Waals surface area contributed by atoms with Gasteiger partial charge in [0, 0.05) is 33.5 Å². The van der Waals surface area contributed by atoms with Crippen LogP contribution in [0.25, 0.3) is 72.0 Å². The number of hydrogen-bond acceptors (Lipinski definition) is 1. The van der Waals surface area contributed by atoms with Gasteiger partial charge in [0.05, 0.1) is 61.8 Å². The first-order valence-corrected chi connectivity index (χ1v) is 16.2. The molecule has 9 aromatic carbocycles. The molecule has 10 aromatic rings.